The van der Waals surface area contributed by atoms with E-state index in [0.717, 1.165) is 17.5 Å². The predicted octanol–water partition coefficient (Wildman–Crippen LogP) is 1.47. The molecule has 0 fully saturated rings. The van der Waals surface area contributed by atoms with Gasteiger partial charge >= 0.3 is 5.97 Å². The molecule has 0 aromatic heterocycles. The van der Waals surface area contributed by atoms with Crippen molar-refractivity contribution in [2.45, 2.75) is 32.2 Å². The Hall–Kier alpha value is -1.88. The summed E-state index contributed by atoms with van der Waals surface area (Å²) in [6.45, 7) is 2.55. The van der Waals surface area contributed by atoms with Crippen molar-refractivity contribution < 1.29 is 14.7 Å². The van der Waals surface area contributed by atoms with Crippen molar-refractivity contribution in [2.75, 3.05) is 6.54 Å². The van der Waals surface area contributed by atoms with Crippen LogP contribution in [0, 0.1) is 5.92 Å². The van der Waals surface area contributed by atoms with Crippen molar-refractivity contribution in [3.05, 3.63) is 34.9 Å². The summed E-state index contributed by atoms with van der Waals surface area (Å²) in [6.07, 6.45) is 1.54. The molecule has 2 unspecified atom stereocenters. The molecule has 5 nitrogen and oxygen atoms in total. The van der Waals surface area contributed by atoms with Crippen LogP contribution in [0.2, 0.25) is 0 Å². The van der Waals surface area contributed by atoms with Crippen LogP contribution in [0.25, 0.3) is 0 Å². The maximum absolute atomic E-state index is 11.8. The lowest BCUT2D eigenvalue weighted by Gasteiger charge is -2.20. The summed E-state index contributed by atoms with van der Waals surface area (Å²) in [7, 11) is 0. The van der Waals surface area contributed by atoms with Crippen LogP contribution >= 0.6 is 0 Å². The average molecular weight is 276 g/mol. The summed E-state index contributed by atoms with van der Waals surface area (Å²) in [4.78, 5) is 22.5. The molecule has 1 aliphatic heterocycles. The smallest absolute Gasteiger partial charge is 0.303 e. The number of hydrogen-bond donors (Lipinski definition) is 3. The third kappa shape index (κ3) is 3.36. The van der Waals surface area contributed by atoms with Gasteiger partial charge in [0.05, 0.1) is 0 Å². The molecular formula is C15H20N2O3. The van der Waals surface area contributed by atoms with E-state index in [1.807, 2.05) is 25.1 Å². The summed E-state index contributed by atoms with van der Waals surface area (Å²) < 4.78 is 0. The van der Waals surface area contributed by atoms with E-state index >= 15 is 0 Å². The van der Waals surface area contributed by atoms with E-state index < -0.39 is 5.97 Å². The average Bonchev–Trinajstić information content (AvgIpc) is 2.37. The first-order valence-corrected chi connectivity index (χ1v) is 6.85. The molecule has 1 heterocycles. The number of carbonyl (C=O) groups is 2. The molecule has 1 aromatic rings. The van der Waals surface area contributed by atoms with Gasteiger partial charge in [0.25, 0.3) is 5.91 Å². The van der Waals surface area contributed by atoms with Crippen molar-refractivity contribution in [1.82, 2.24) is 5.32 Å². The number of carboxylic acids is 1. The molecule has 0 saturated heterocycles. The molecule has 5 heteroatoms. The standard InChI is InChI=1S/C15H20N2O3/c1-9(7-14(18)19)6-13(16)11-3-2-10-4-5-17-15(20)12(10)8-11/h2-3,8-9,13H,4-7,16H2,1H3,(H,17,20)(H,18,19). The monoisotopic (exact) mass is 276 g/mol. The summed E-state index contributed by atoms with van der Waals surface area (Å²) in [6, 6.07) is 5.48. The molecule has 0 aliphatic carbocycles. The number of rotatable bonds is 5. The van der Waals surface area contributed by atoms with Gasteiger partial charge in [0, 0.05) is 24.6 Å². The van der Waals surface area contributed by atoms with E-state index in [0.29, 0.717) is 18.5 Å². The van der Waals surface area contributed by atoms with Crippen molar-refractivity contribution >= 4 is 11.9 Å². The highest BCUT2D eigenvalue weighted by Crippen LogP contribution is 2.24. The van der Waals surface area contributed by atoms with Gasteiger partial charge in [-0.1, -0.05) is 19.1 Å². The molecule has 2 atom stereocenters. The van der Waals surface area contributed by atoms with Gasteiger partial charge in [-0.15, -0.1) is 0 Å². The molecule has 0 saturated carbocycles. The molecule has 0 bridgehead atoms. The maximum atomic E-state index is 11.8. The Bertz CT molecular complexity index is 528. The SMILES string of the molecule is CC(CC(=O)O)CC(N)c1ccc2c(c1)C(=O)NCC2. The number of aliphatic carboxylic acids is 1. The fraction of sp³-hybridized carbons (Fsp3) is 0.467. The highest BCUT2D eigenvalue weighted by atomic mass is 16.4. The second-order valence-corrected chi connectivity index (χ2v) is 5.47. The Balaban J connectivity index is 2.10. The maximum Gasteiger partial charge on any atom is 0.303 e. The van der Waals surface area contributed by atoms with Gasteiger partial charge in [-0.25, -0.2) is 0 Å². The lowest BCUT2D eigenvalue weighted by Crippen LogP contribution is -2.32. The molecule has 0 spiro atoms. The zero-order chi connectivity index (χ0) is 14.7. The van der Waals surface area contributed by atoms with Crippen molar-refractivity contribution in [3.8, 4) is 0 Å². The molecular weight excluding hydrogens is 256 g/mol. The largest absolute Gasteiger partial charge is 0.481 e. The number of fused-ring (bicyclic) bond motifs is 1. The second-order valence-electron chi connectivity index (χ2n) is 5.47. The fourth-order valence-corrected chi connectivity index (χ4v) is 2.61. The molecule has 0 radical (unpaired) electrons. The van der Waals surface area contributed by atoms with Crippen molar-refractivity contribution in [3.63, 3.8) is 0 Å². The minimum absolute atomic E-state index is 0.00681. The summed E-state index contributed by atoms with van der Waals surface area (Å²) in [5.41, 5.74) is 8.75. The van der Waals surface area contributed by atoms with Gasteiger partial charge in [0.1, 0.15) is 0 Å². The number of hydrogen-bond acceptors (Lipinski definition) is 3. The van der Waals surface area contributed by atoms with Crippen molar-refractivity contribution in [2.24, 2.45) is 11.7 Å². The number of nitrogens with two attached hydrogens (primary N) is 1. The van der Waals surface area contributed by atoms with Crippen LogP contribution in [0.4, 0.5) is 0 Å². The topological polar surface area (TPSA) is 92.4 Å². The Morgan fingerprint density at radius 1 is 1.50 bits per heavy atom. The van der Waals surface area contributed by atoms with Crippen LogP contribution < -0.4 is 11.1 Å². The van der Waals surface area contributed by atoms with Crippen LogP contribution in [-0.2, 0) is 11.2 Å². The van der Waals surface area contributed by atoms with E-state index in [-0.39, 0.29) is 24.3 Å². The summed E-state index contributed by atoms with van der Waals surface area (Å²) in [5, 5.41) is 11.6. The molecule has 20 heavy (non-hydrogen) atoms. The lowest BCUT2D eigenvalue weighted by molar-refractivity contribution is -0.138. The highest BCUT2D eigenvalue weighted by molar-refractivity contribution is 5.96. The number of amides is 1. The zero-order valence-electron chi connectivity index (χ0n) is 11.6. The van der Waals surface area contributed by atoms with E-state index in [1.54, 1.807) is 0 Å². The van der Waals surface area contributed by atoms with E-state index in [1.165, 1.54) is 0 Å². The summed E-state index contributed by atoms with van der Waals surface area (Å²) in [5.74, 6) is -0.860. The number of nitrogens with one attached hydrogen (secondary N) is 1. The number of carbonyl (C=O) groups excluding carboxylic acids is 1. The third-order valence-electron chi connectivity index (χ3n) is 3.67. The van der Waals surface area contributed by atoms with Crippen molar-refractivity contribution in [1.29, 1.82) is 0 Å². The van der Waals surface area contributed by atoms with Gasteiger partial charge in [-0.2, -0.15) is 0 Å². The van der Waals surface area contributed by atoms with Gasteiger partial charge in [-0.3, -0.25) is 9.59 Å². The quantitative estimate of drug-likeness (QED) is 0.759. The Kier molecular flexibility index (Phi) is 4.39. The second kappa shape index (κ2) is 6.05. The first-order valence-electron chi connectivity index (χ1n) is 6.85. The molecule has 108 valence electrons. The minimum atomic E-state index is -0.811. The molecule has 2 rings (SSSR count). The zero-order valence-corrected chi connectivity index (χ0v) is 11.6. The minimum Gasteiger partial charge on any atom is -0.481 e. The number of carboxylic acid groups (broad SMARTS) is 1. The van der Waals surface area contributed by atoms with Crippen LogP contribution in [-0.4, -0.2) is 23.5 Å². The summed E-state index contributed by atoms with van der Waals surface area (Å²) >= 11 is 0. The van der Waals surface area contributed by atoms with Crippen LogP contribution in [0.5, 0.6) is 0 Å². The van der Waals surface area contributed by atoms with Gasteiger partial charge in [-0.05, 0) is 36.0 Å². The lowest BCUT2D eigenvalue weighted by atomic mass is 9.91. The molecule has 1 aliphatic rings. The normalized spacial score (nSPS) is 17.0. The number of benzene rings is 1. The van der Waals surface area contributed by atoms with Gasteiger partial charge < -0.3 is 16.2 Å². The Labute approximate surface area is 118 Å². The first-order chi connectivity index (χ1) is 9.47. The molecule has 1 aromatic carbocycles. The molecule has 4 N–H and O–H groups in total. The van der Waals surface area contributed by atoms with E-state index in [9.17, 15) is 9.59 Å². The fourth-order valence-electron chi connectivity index (χ4n) is 2.61. The highest BCUT2D eigenvalue weighted by Gasteiger charge is 2.19. The Morgan fingerprint density at radius 3 is 2.95 bits per heavy atom. The Morgan fingerprint density at radius 2 is 2.25 bits per heavy atom. The van der Waals surface area contributed by atoms with Crippen LogP contribution in [0.3, 0.4) is 0 Å². The molecule has 1 amide bonds. The van der Waals surface area contributed by atoms with Gasteiger partial charge in [0.2, 0.25) is 0 Å². The predicted molar refractivity (Wildman–Crippen MR) is 75.4 cm³/mol. The van der Waals surface area contributed by atoms with E-state index in [2.05, 4.69) is 5.32 Å². The van der Waals surface area contributed by atoms with E-state index in [4.69, 9.17) is 10.8 Å². The first kappa shape index (κ1) is 14.5. The third-order valence-corrected chi connectivity index (χ3v) is 3.67. The van der Waals surface area contributed by atoms with Crippen LogP contribution in [0.1, 0.15) is 47.3 Å². The van der Waals surface area contributed by atoms with Crippen LogP contribution in [0.15, 0.2) is 18.2 Å². The van der Waals surface area contributed by atoms with Gasteiger partial charge in [0.15, 0.2) is 0 Å².